The number of carboxylic acid groups (broad SMARTS) is 1. The number of carbonyl (C=O) groups excluding carboxylic acids is 1. The van der Waals surface area contributed by atoms with Gasteiger partial charge in [-0.1, -0.05) is 23.7 Å². The van der Waals surface area contributed by atoms with Crippen LogP contribution in [0, 0.1) is 11.3 Å². The van der Waals surface area contributed by atoms with Crippen LogP contribution < -0.4 is 20.3 Å². The molecule has 3 aromatic carbocycles. The third kappa shape index (κ3) is 4.60. The highest BCUT2D eigenvalue weighted by Crippen LogP contribution is 2.46. The lowest BCUT2D eigenvalue weighted by Gasteiger charge is -2.32. The van der Waals surface area contributed by atoms with Crippen LogP contribution >= 0.6 is 11.6 Å². The molecule has 3 aromatic rings. The molecule has 0 saturated carbocycles. The van der Waals surface area contributed by atoms with Crippen molar-refractivity contribution in [3.63, 3.8) is 0 Å². The van der Waals surface area contributed by atoms with Crippen molar-refractivity contribution in [2.75, 3.05) is 30.7 Å². The molecule has 9 nitrogen and oxygen atoms in total. The third-order valence-corrected chi connectivity index (χ3v) is 7.20. The number of ether oxygens (including phenoxy) is 1. The number of aryl methyl sites for hydroxylation is 1. The second kappa shape index (κ2) is 10.2. The summed E-state index contributed by atoms with van der Waals surface area (Å²) in [6.45, 7) is 0.939. The fourth-order valence-electron chi connectivity index (χ4n) is 5.05. The van der Waals surface area contributed by atoms with Crippen molar-refractivity contribution in [2.45, 2.75) is 25.8 Å². The molecule has 5 rings (SSSR count). The molecule has 0 aromatic heterocycles. The average Bonchev–Trinajstić information content (AvgIpc) is 3.26. The quantitative estimate of drug-likeness (QED) is 0.480. The van der Waals surface area contributed by atoms with Gasteiger partial charge in [-0.15, -0.1) is 5.53 Å². The van der Waals surface area contributed by atoms with Crippen LogP contribution in [0.1, 0.15) is 39.0 Å². The topological polar surface area (TPSA) is 109 Å². The lowest BCUT2D eigenvalue weighted by Crippen LogP contribution is -2.41. The number of rotatable bonds is 6. The predicted octanol–water partition coefficient (Wildman–Crippen LogP) is 4.44. The summed E-state index contributed by atoms with van der Waals surface area (Å²) in [6.07, 6.45) is 1.05. The minimum Gasteiger partial charge on any atom is -0.494 e. The van der Waals surface area contributed by atoms with Crippen LogP contribution in [-0.4, -0.2) is 42.6 Å². The van der Waals surface area contributed by atoms with E-state index in [-0.39, 0.29) is 17.4 Å². The smallest absolute Gasteiger partial charge is 0.303 e. The molecule has 38 heavy (non-hydrogen) atoms. The van der Waals surface area contributed by atoms with Crippen molar-refractivity contribution >= 4 is 40.5 Å². The molecule has 0 radical (unpaired) electrons. The number of nitriles is 1. The monoisotopic (exact) mass is 531 g/mol. The second-order valence-corrected chi connectivity index (χ2v) is 9.66. The summed E-state index contributed by atoms with van der Waals surface area (Å²) < 4.78 is 5.65. The molecule has 2 heterocycles. The van der Waals surface area contributed by atoms with Crippen LogP contribution in [0.4, 0.5) is 17.1 Å². The fraction of sp³-hybridized carbons (Fsp3) is 0.250. The van der Waals surface area contributed by atoms with E-state index >= 15 is 0 Å². The number of amides is 1. The number of hydrazine groups is 2. The van der Waals surface area contributed by atoms with E-state index in [1.165, 1.54) is 6.07 Å². The number of anilines is 3. The summed E-state index contributed by atoms with van der Waals surface area (Å²) in [5, 5.41) is 22.4. The minimum absolute atomic E-state index is 0.0268. The summed E-state index contributed by atoms with van der Waals surface area (Å²) in [7, 11) is 3.50. The van der Waals surface area contributed by atoms with Gasteiger partial charge in [-0.05, 0) is 65.9 Å². The molecule has 2 aliphatic heterocycles. The van der Waals surface area contributed by atoms with Crippen molar-refractivity contribution in [3.8, 4) is 11.8 Å². The van der Waals surface area contributed by atoms with Crippen LogP contribution in [0.25, 0.3) is 0 Å². The van der Waals surface area contributed by atoms with E-state index in [9.17, 15) is 9.59 Å². The minimum atomic E-state index is -0.852. The SMILES string of the molecule is COc1cc(CCC(=O)O)cc2c1N(C)NN2c1cccc2c1CCN(C(=O)c1ccc(C#N)cc1Cl)C2. The maximum Gasteiger partial charge on any atom is 0.303 e. The number of methoxy groups -OCH3 is 1. The zero-order valence-electron chi connectivity index (χ0n) is 21.0. The number of nitrogens with zero attached hydrogens (tertiary/aromatic N) is 4. The van der Waals surface area contributed by atoms with Crippen LogP contribution in [0.15, 0.2) is 48.5 Å². The molecule has 194 valence electrons. The van der Waals surface area contributed by atoms with Gasteiger partial charge in [-0.2, -0.15) is 5.26 Å². The highest BCUT2D eigenvalue weighted by Gasteiger charge is 2.32. The van der Waals surface area contributed by atoms with Crippen LogP contribution in [0.5, 0.6) is 5.75 Å². The van der Waals surface area contributed by atoms with Gasteiger partial charge in [0.1, 0.15) is 11.4 Å². The molecule has 0 unspecified atom stereocenters. The van der Waals surface area contributed by atoms with E-state index in [0.29, 0.717) is 42.8 Å². The third-order valence-electron chi connectivity index (χ3n) is 6.89. The van der Waals surface area contributed by atoms with Gasteiger partial charge in [-0.3, -0.25) is 19.6 Å². The zero-order valence-corrected chi connectivity index (χ0v) is 21.7. The number of carbonyl (C=O) groups is 2. The van der Waals surface area contributed by atoms with E-state index in [2.05, 4.69) is 5.53 Å². The van der Waals surface area contributed by atoms with Gasteiger partial charge >= 0.3 is 5.97 Å². The molecule has 0 fully saturated rings. The lowest BCUT2D eigenvalue weighted by atomic mass is 9.96. The van der Waals surface area contributed by atoms with Crippen molar-refractivity contribution in [1.29, 1.82) is 5.26 Å². The Bertz CT molecular complexity index is 1480. The molecule has 2 N–H and O–H groups in total. The van der Waals surface area contributed by atoms with E-state index < -0.39 is 5.97 Å². The first-order valence-electron chi connectivity index (χ1n) is 12.1. The largest absolute Gasteiger partial charge is 0.494 e. The first kappa shape index (κ1) is 25.4. The van der Waals surface area contributed by atoms with Gasteiger partial charge in [-0.25, -0.2) is 0 Å². The van der Waals surface area contributed by atoms with Gasteiger partial charge in [0, 0.05) is 26.6 Å². The Balaban J connectivity index is 1.46. The Kier molecular flexibility index (Phi) is 6.85. The summed E-state index contributed by atoms with van der Waals surface area (Å²) in [5.74, 6) is -0.371. The lowest BCUT2D eigenvalue weighted by molar-refractivity contribution is -0.136. The Hall–Kier alpha value is -4.26. The highest BCUT2D eigenvalue weighted by atomic mass is 35.5. The number of fused-ring (bicyclic) bond motifs is 2. The Morgan fingerprint density at radius 3 is 2.71 bits per heavy atom. The van der Waals surface area contributed by atoms with Gasteiger partial charge in [0.15, 0.2) is 0 Å². The normalized spacial score (nSPS) is 14.1. The van der Waals surface area contributed by atoms with E-state index in [0.717, 1.165) is 33.8 Å². The number of halogens is 1. The number of hydrogen-bond donors (Lipinski definition) is 2. The molecular formula is C28H26ClN5O4. The molecule has 0 spiro atoms. The first-order chi connectivity index (χ1) is 18.3. The number of nitrogens with one attached hydrogen (secondary N) is 1. The molecule has 1 amide bonds. The van der Waals surface area contributed by atoms with Gasteiger partial charge in [0.25, 0.3) is 5.91 Å². The summed E-state index contributed by atoms with van der Waals surface area (Å²) in [5.41, 5.74) is 9.84. The Labute approximate surface area is 225 Å². The second-order valence-electron chi connectivity index (χ2n) is 9.25. The molecule has 10 heteroatoms. The van der Waals surface area contributed by atoms with Crippen LogP contribution in [-0.2, 0) is 24.2 Å². The molecular weight excluding hydrogens is 506 g/mol. The predicted molar refractivity (Wildman–Crippen MR) is 144 cm³/mol. The summed E-state index contributed by atoms with van der Waals surface area (Å²) in [6, 6.07) is 16.6. The maximum atomic E-state index is 13.3. The highest BCUT2D eigenvalue weighted by molar-refractivity contribution is 6.34. The summed E-state index contributed by atoms with van der Waals surface area (Å²) in [4.78, 5) is 26.2. The van der Waals surface area contributed by atoms with Crippen LogP contribution in [0.3, 0.4) is 0 Å². The van der Waals surface area contributed by atoms with Crippen LogP contribution in [0.2, 0.25) is 5.02 Å². The van der Waals surface area contributed by atoms with E-state index in [4.69, 9.17) is 26.7 Å². The summed E-state index contributed by atoms with van der Waals surface area (Å²) >= 11 is 6.31. The molecule has 2 aliphatic rings. The van der Waals surface area contributed by atoms with Crippen molar-refractivity contribution in [3.05, 3.63) is 81.4 Å². The van der Waals surface area contributed by atoms with Gasteiger partial charge in [0.05, 0.1) is 40.7 Å². The zero-order chi connectivity index (χ0) is 27.0. The van der Waals surface area contributed by atoms with Crippen molar-refractivity contribution in [2.24, 2.45) is 0 Å². The standard InChI is InChI=1S/C28H26ClN5O4/c1-32-27-24(13-17(7-9-26(35)36)14-25(27)38-2)34(31-32)23-5-3-4-19-16-33(11-10-20(19)23)28(37)21-8-6-18(15-30)12-22(21)29/h3-6,8,12-14,31H,7,9-11,16H2,1-2H3,(H,35,36). The van der Waals surface area contributed by atoms with Gasteiger partial charge < -0.3 is 14.7 Å². The number of carboxylic acids is 1. The van der Waals surface area contributed by atoms with E-state index in [1.54, 1.807) is 24.1 Å². The Morgan fingerprint density at radius 1 is 1.18 bits per heavy atom. The van der Waals surface area contributed by atoms with Gasteiger partial charge in [0.2, 0.25) is 0 Å². The molecule has 0 atom stereocenters. The fourth-order valence-corrected chi connectivity index (χ4v) is 5.31. The number of benzene rings is 3. The van der Waals surface area contributed by atoms with E-state index in [1.807, 2.05) is 53.5 Å². The molecule has 0 bridgehead atoms. The van der Waals surface area contributed by atoms with Crippen molar-refractivity contribution < 1.29 is 19.4 Å². The van der Waals surface area contributed by atoms with Crippen molar-refractivity contribution in [1.82, 2.24) is 10.4 Å². The maximum absolute atomic E-state index is 13.3. The average molecular weight is 532 g/mol. The number of hydrogen-bond acceptors (Lipinski definition) is 7. The first-order valence-corrected chi connectivity index (χ1v) is 12.5. The molecule has 0 saturated heterocycles. The Morgan fingerprint density at radius 2 is 2.00 bits per heavy atom. The molecule has 0 aliphatic carbocycles. The number of aliphatic carboxylic acids is 1.